The summed E-state index contributed by atoms with van der Waals surface area (Å²) in [5.41, 5.74) is 1.81. The Hall–Kier alpha value is -2.75. The first-order chi connectivity index (χ1) is 17.3. The van der Waals surface area contributed by atoms with E-state index in [0.29, 0.717) is 33.4 Å². The first kappa shape index (κ1) is 27.3. The van der Waals surface area contributed by atoms with Crippen molar-refractivity contribution in [1.29, 1.82) is 0 Å². The number of aromatic nitrogens is 2. The number of nitrogens with zero attached hydrogens (tertiary/aromatic N) is 2. The molecule has 3 aromatic carbocycles. The van der Waals surface area contributed by atoms with Crippen molar-refractivity contribution in [2.24, 2.45) is 0 Å². The van der Waals surface area contributed by atoms with Crippen LogP contribution in [0.4, 0.5) is 22.0 Å². The Morgan fingerprint density at radius 2 is 1.57 bits per heavy atom. The molecule has 0 saturated carbocycles. The van der Waals surface area contributed by atoms with Crippen LogP contribution >= 0.6 is 35.0 Å². The van der Waals surface area contributed by atoms with E-state index in [4.69, 9.17) is 23.2 Å². The fourth-order valence-corrected chi connectivity index (χ4v) is 5.27. The van der Waals surface area contributed by atoms with Crippen LogP contribution in [0, 0.1) is 11.6 Å². The number of thioether (sulfide) groups is 1. The van der Waals surface area contributed by atoms with E-state index in [1.807, 2.05) is 18.4 Å². The Balaban J connectivity index is 1.74. The molecule has 0 fully saturated rings. The number of hydrogen-bond acceptors (Lipinski definition) is 3. The van der Waals surface area contributed by atoms with E-state index < -0.39 is 29.2 Å². The zero-order chi connectivity index (χ0) is 27.0. The maximum Gasteiger partial charge on any atom is 0.573 e. The van der Waals surface area contributed by atoms with Crippen molar-refractivity contribution in [3.05, 3.63) is 105 Å². The van der Waals surface area contributed by atoms with Crippen molar-refractivity contribution in [2.45, 2.75) is 36.5 Å². The average molecular weight is 573 g/mol. The van der Waals surface area contributed by atoms with Gasteiger partial charge in [0.15, 0.2) is 5.16 Å². The third-order valence-electron chi connectivity index (χ3n) is 5.71. The van der Waals surface area contributed by atoms with Crippen LogP contribution in [0.15, 0.2) is 72.0 Å². The maximum absolute atomic E-state index is 13.7. The third-order valence-corrected chi connectivity index (χ3v) is 7.35. The van der Waals surface area contributed by atoms with Gasteiger partial charge in [0, 0.05) is 21.9 Å². The van der Waals surface area contributed by atoms with Crippen molar-refractivity contribution in [1.82, 2.24) is 9.55 Å². The number of benzene rings is 3. The van der Waals surface area contributed by atoms with Gasteiger partial charge >= 0.3 is 6.36 Å². The van der Waals surface area contributed by atoms with E-state index in [2.05, 4.69) is 9.72 Å². The van der Waals surface area contributed by atoms with Crippen LogP contribution in [-0.2, 0) is 11.2 Å². The Bertz CT molecular complexity index is 1420. The number of rotatable bonds is 7. The predicted molar refractivity (Wildman–Crippen MR) is 135 cm³/mol. The van der Waals surface area contributed by atoms with Crippen molar-refractivity contribution in [3.8, 4) is 11.4 Å². The second-order valence-corrected chi connectivity index (χ2v) is 10.3. The monoisotopic (exact) mass is 572 g/mol. The fraction of sp³-hybridized carbons (Fsp3) is 0.192. The molecule has 0 radical (unpaired) electrons. The second kappa shape index (κ2) is 10.6. The molecule has 1 aromatic heterocycles. The Kier molecular flexibility index (Phi) is 7.78. The molecule has 4 rings (SSSR count). The second-order valence-electron chi connectivity index (χ2n) is 8.58. The van der Waals surface area contributed by atoms with Gasteiger partial charge < -0.3 is 4.74 Å². The van der Waals surface area contributed by atoms with E-state index in [1.165, 1.54) is 48.2 Å². The molecule has 0 bridgehead atoms. The van der Waals surface area contributed by atoms with Crippen LogP contribution in [0.25, 0.3) is 5.69 Å². The molecule has 194 valence electrons. The van der Waals surface area contributed by atoms with E-state index in [1.54, 1.807) is 24.4 Å². The molecular weight excluding hydrogens is 554 g/mol. The van der Waals surface area contributed by atoms with Gasteiger partial charge in [-0.25, -0.2) is 13.8 Å². The number of hydrogen-bond donors (Lipinski definition) is 0. The van der Waals surface area contributed by atoms with Gasteiger partial charge in [0.25, 0.3) is 0 Å². The lowest BCUT2D eigenvalue weighted by Gasteiger charge is -2.28. The smallest absolute Gasteiger partial charge is 0.404 e. The maximum atomic E-state index is 13.7. The van der Waals surface area contributed by atoms with Crippen molar-refractivity contribution >= 4 is 35.0 Å². The molecule has 3 nitrogen and oxygen atoms in total. The summed E-state index contributed by atoms with van der Waals surface area (Å²) in [5.74, 6) is -0.981. The van der Waals surface area contributed by atoms with Gasteiger partial charge in [0.1, 0.15) is 17.4 Å². The number of imidazole rings is 1. The highest BCUT2D eigenvalue weighted by Gasteiger charge is 2.34. The molecule has 1 heterocycles. The summed E-state index contributed by atoms with van der Waals surface area (Å²) in [5, 5.41) is 0.637. The quantitative estimate of drug-likeness (QED) is 0.163. The molecule has 37 heavy (non-hydrogen) atoms. The molecule has 4 aromatic rings. The molecule has 0 spiro atoms. The molecule has 0 aliphatic rings. The lowest BCUT2D eigenvalue weighted by Crippen LogP contribution is -2.23. The Labute approximate surface area is 224 Å². The van der Waals surface area contributed by atoms with Crippen LogP contribution in [0.5, 0.6) is 5.75 Å². The standard InChI is InChI=1S/C26H19Cl2F5N2OS/c1-25(2,16-4-10-22(21(28)11-16)36-26(31,32)33)23-13-34-24(35(23)19-8-6-17(29)7-9-19)37-14-15-3-5-18(30)12-20(15)27/h3-13H,14H2,1-2H3. The third kappa shape index (κ3) is 6.22. The van der Waals surface area contributed by atoms with Gasteiger partial charge in [-0.05, 0) is 59.7 Å². The molecule has 0 aliphatic carbocycles. The zero-order valence-corrected chi connectivity index (χ0v) is 21.7. The Morgan fingerprint density at radius 3 is 2.19 bits per heavy atom. The van der Waals surface area contributed by atoms with Crippen LogP contribution in [-0.4, -0.2) is 15.9 Å². The van der Waals surface area contributed by atoms with Gasteiger partial charge in [-0.15, -0.1) is 13.2 Å². The predicted octanol–water partition coefficient (Wildman–Crippen LogP) is 8.97. The SMILES string of the molecule is CC(C)(c1ccc(OC(F)(F)F)c(Cl)c1)c1cnc(SCc2ccc(F)cc2Cl)n1-c1ccc(F)cc1. The van der Waals surface area contributed by atoms with E-state index >= 15 is 0 Å². The van der Waals surface area contributed by atoms with Crippen LogP contribution < -0.4 is 4.74 Å². The van der Waals surface area contributed by atoms with Gasteiger partial charge in [0.05, 0.1) is 16.9 Å². The number of ether oxygens (including phenoxy) is 1. The van der Waals surface area contributed by atoms with Gasteiger partial charge in [-0.1, -0.05) is 60.9 Å². The minimum atomic E-state index is -4.87. The summed E-state index contributed by atoms with van der Waals surface area (Å²) in [6.45, 7) is 3.73. The molecule has 0 amide bonds. The summed E-state index contributed by atoms with van der Waals surface area (Å²) in [4.78, 5) is 4.57. The van der Waals surface area contributed by atoms with E-state index in [0.717, 1.165) is 6.07 Å². The van der Waals surface area contributed by atoms with Crippen LogP contribution in [0.2, 0.25) is 10.0 Å². The topological polar surface area (TPSA) is 27.1 Å². The summed E-state index contributed by atoms with van der Waals surface area (Å²) in [7, 11) is 0. The summed E-state index contributed by atoms with van der Waals surface area (Å²) >= 11 is 13.6. The molecule has 0 saturated heterocycles. The molecular formula is C26H19Cl2F5N2OS. The van der Waals surface area contributed by atoms with E-state index in [-0.39, 0.29) is 10.0 Å². The van der Waals surface area contributed by atoms with E-state index in [9.17, 15) is 22.0 Å². The molecule has 0 atom stereocenters. The van der Waals surface area contributed by atoms with Gasteiger partial charge in [-0.3, -0.25) is 4.57 Å². The zero-order valence-electron chi connectivity index (χ0n) is 19.4. The Morgan fingerprint density at radius 1 is 0.892 bits per heavy atom. The minimum absolute atomic E-state index is 0.198. The number of halogens is 7. The summed E-state index contributed by atoms with van der Waals surface area (Å²) in [6.07, 6.45) is -3.23. The average Bonchev–Trinajstić information content (AvgIpc) is 3.24. The van der Waals surface area contributed by atoms with Crippen molar-refractivity contribution < 1.29 is 26.7 Å². The fourth-order valence-electron chi connectivity index (χ4n) is 3.74. The number of alkyl halides is 3. The molecule has 11 heteroatoms. The van der Waals surface area contributed by atoms with Crippen molar-refractivity contribution in [2.75, 3.05) is 0 Å². The molecule has 0 aliphatic heterocycles. The highest BCUT2D eigenvalue weighted by atomic mass is 35.5. The molecule has 0 unspecified atom stereocenters. The lowest BCUT2D eigenvalue weighted by molar-refractivity contribution is -0.274. The van der Waals surface area contributed by atoms with Crippen LogP contribution in [0.1, 0.15) is 30.7 Å². The summed E-state index contributed by atoms with van der Waals surface area (Å²) < 4.78 is 71.0. The largest absolute Gasteiger partial charge is 0.573 e. The first-order valence-electron chi connectivity index (χ1n) is 10.8. The van der Waals surface area contributed by atoms with Crippen LogP contribution in [0.3, 0.4) is 0 Å². The molecule has 0 N–H and O–H groups in total. The highest BCUT2D eigenvalue weighted by Crippen LogP contribution is 2.40. The highest BCUT2D eigenvalue weighted by molar-refractivity contribution is 7.98. The van der Waals surface area contributed by atoms with Crippen molar-refractivity contribution in [3.63, 3.8) is 0 Å². The summed E-state index contributed by atoms with van der Waals surface area (Å²) in [6, 6.07) is 14.0. The normalized spacial score (nSPS) is 12.1. The van der Waals surface area contributed by atoms with Gasteiger partial charge in [-0.2, -0.15) is 0 Å². The van der Waals surface area contributed by atoms with Gasteiger partial charge in [0.2, 0.25) is 0 Å². The minimum Gasteiger partial charge on any atom is -0.404 e. The lowest BCUT2D eigenvalue weighted by atomic mass is 9.81. The first-order valence-corrected chi connectivity index (χ1v) is 12.6.